The molecule has 1 N–H and O–H groups in total. The molecule has 88 valence electrons. The quantitative estimate of drug-likeness (QED) is 0.933. The molecular formula is C10H8BrN3O3. The molecule has 0 fully saturated rings. The Morgan fingerprint density at radius 2 is 2.12 bits per heavy atom. The second-order valence-corrected chi connectivity index (χ2v) is 3.84. The minimum atomic E-state index is -1.01. The van der Waals surface area contributed by atoms with Gasteiger partial charge in [0.2, 0.25) is 4.73 Å². The minimum absolute atomic E-state index is 0.130. The Morgan fingerprint density at radius 3 is 2.76 bits per heavy atom. The van der Waals surface area contributed by atoms with E-state index in [0.29, 0.717) is 5.75 Å². The van der Waals surface area contributed by atoms with Crippen LogP contribution in [0.4, 0.5) is 0 Å². The SMILES string of the molecule is O=C(O)Cn1nc(Br)nc1Oc1ccccc1. The van der Waals surface area contributed by atoms with Crippen LogP contribution in [-0.4, -0.2) is 25.8 Å². The van der Waals surface area contributed by atoms with Crippen LogP contribution >= 0.6 is 15.9 Å². The number of halogens is 1. The van der Waals surface area contributed by atoms with Gasteiger partial charge in [-0.05, 0) is 28.1 Å². The normalized spacial score (nSPS) is 10.2. The third-order valence-electron chi connectivity index (χ3n) is 1.85. The molecule has 1 aromatic heterocycles. The van der Waals surface area contributed by atoms with Gasteiger partial charge in [-0.25, -0.2) is 4.68 Å². The molecule has 0 atom stereocenters. The number of rotatable bonds is 4. The maximum Gasteiger partial charge on any atom is 0.325 e. The molecule has 1 heterocycles. The standard InChI is InChI=1S/C10H8BrN3O3/c11-9-12-10(14(13-9)6-8(15)16)17-7-4-2-1-3-5-7/h1-5H,6H2,(H,15,16). The largest absolute Gasteiger partial charge is 0.480 e. The lowest BCUT2D eigenvalue weighted by molar-refractivity contribution is -0.138. The van der Waals surface area contributed by atoms with E-state index >= 15 is 0 Å². The van der Waals surface area contributed by atoms with E-state index in [2.05, 4.69) is 26.0 Å². The Balaban J connectivity index is 2.23. The molecule has 0 aliphatic heterocycles. The number of benzene rings is 1. The first-order valence-corrected chi connectivity index (χ1v) is 5.49. The number of ether oxygens (including phenoxy) is 1. The molecule has 0 unspecified atom stereocenters. The predicted octanol–water partition coefficient (Wildman–Crippen LogP) is 1.92. The highest BCUT2D eigenvalue weighted by Gasteiger charge is 2.13. The van der Waals surface area contributed by atoms with E-state index in [-0.39, 0.29) is 17.3 Å². The molecular weight excluding hydrogens is 290 g/mol. The Morgan fingerprint density at radius 1 is 1.41 bits per heavy atom. The summed E-state index contributed by atoms with van der Waals surface area (Å²) in [4.78, 5) is 14.6. The van der Waals surface area contributed by atoms with Crippen molar-refractivity contribution in [2.75, 3.05) is 0 Å². The number of aliphatic carboxylic acids is 1. The Bertz CT molecular complexity index is 527. The van der Waals surface area contributed by atoms with Crippen molar-refractivity contribution in [1.82, 2.24) is 14.8 Å². The lowest BCUT2D eigenvalue weighted by atomic mass is 10.3. The summed E-state index contributed by atoms with van der Waals surface area (Å²) in [5.74, 6) is -0.445. The van der Waals surface area contributed by atoms with Crippen molar-refractivity contribution in [2.45, 2.75) is 6.54 Å². The van der Waals surface area contributed by atoms with Crippen LogP contribution in [0.1, 0.15) is 0 Å². The zero-order valence-corrected chi connectivity index (χ0v) is 10.2. The summed E-state index contributed by atoms with van der Waals surface area (Å²) in [5.41, 5.74) is 0. The molecule has 1 aromatic carbocycles. The summed E-state index contributed by atoms with van der Waals surface area (Å²) in [7, 11) is 0. The number of carboxylic acids is 1. The zero-order valence-electron chi connectivity index (χ0n) is 8.58. The minimum Gasteiger partial charge on any atom is -0.480 e. The molecule has 0 aliphatic rings. The first-order valence-electron chi connectivity index (χ1n) is 4.70. The molecule has 0 saturated heterocycles. The number of hydrogen-bond donors (Lipinski definition) is 1. The molecule has 0 bridgehead atoms. The highest BCUT2D eigenvalue weighted by molar-refractivity contribution is 9.10. The maximum atomic E-state index is 10.6. The van der Waals surface area contributed by atoms with Gasteiger partial charge in [0.05, 0.1) is 0 Å². The molecule has 0 radical (unpaired) electrons. The molecule has 0 amide bonds. The number of para-hydroxylation sites is 1. The average Bonchev–Trinajstić information content (AvgIpc) is 2.59. The Kier molecular flexibility index (Phi) is 3.38. The Hall–Kier alpha value is -1.89. The van der Waals surface area contributed by atoms with Crippen molar-refractivity contribution >= 4 is 21.9 Å². The zero-order chi connectivity index (χ0) is 12.3. The van der Waals surface area contributed by atoms with Crippen molar-refractivity contribution in [3.63, 3.8) is 0 Å². The van der Waals surface area contributed by atoms with E-state index in [9.17, 15) is 4.79 Å². The van der Waals surface area contributed by atoms with Crippen LogP contribution in [0.2, 0.25) is 0 Å². The summed E-state index contributed by atoms with van der Waals surface area (Å²) in [6, 6.07) is 9.09. The van der Waals surface area contributed by atoms with Crippen LogP contribution in [-0.2, 0) is 11.3 Å². The number of aromatic nitrogens is 3. The highest BCUT2D eigenvalue weighted by Crippen LogP contribution is 2.20. The molecule has 17 heavy (non-hydrogen) atoms. The predicted molar refractivity (Wildman–Crippen MR) is 61.9 cm³/mol. The number of nitrogens with zero attached hydrogens (tertiary/aromatic N) is 3. The van der Waals surface area contributed by atoms with Crippen LogP contribution in [0.5, 0.6) is 11.8 Å². The summed E-state index contributed by atoms with van der Waals surface area (Å²) < 4.78 is 6.88. The first kappa shape index (κ1) is 11.6. The van der Waals surface area contributed by atoms with Crippen molar-refractivity contribution in [1.29, 1.82) is 0 Å². The third-order valence-corrected chi connectivity index (χ3v) is 2.19. The summed E-state index contributed by atoms with van der Waals surface area (Å²) in [6.07, 6.45) is 0. The first-order chi connectivity index (χ1) is 8.15. The van der Waals surface area contributed by atoms with E-state index in [1.165, 1.54) is 4.68 Å². The van der Waals surface area contributed by atoms with Crippen LogP contribution in [0.15, 0.2) is 35.1 Å². The van der Waals surface area contributed by atoms with Gasteiger partial charge in [0.1, 0.15) is 12.3 Å². The van der Waals surface area contributed by atoms with Crippen molar-refractivity contribution in [3.8, 4) is 11.8 Å². The van der Waals surface area contributed by atoms with Gasteiger partial charge in [0.25, 0.3) is 0 Å². The van der Waals surface area contributed by atoms with E-state index in [0.717, 1.165) is 0 Å². The summed E-state index contributed by atoms with van der Waals surface area (Å²) in [5, 5.41) is 12.6. The van der Waals surface area contributed by atoms with Gasteiger partial charge in [0, 0.05) is 0 Å². The molecule has 6 nitrogen and oxygen atoms in total. The second-order valence-electron chi connectivity index (χ2n) is 3.13. The molecule has 0 saturated carbocycles. The third kappa shape index (κ3) is 3.04. The van der Waals surface area contributed by atoms with Gasteiger partial charge in [-0.3, -0.25) is 4.79 Å². The van der Waals surface area contributed by atoms with Crippen molar-refractivity contribution < 1.29 is 14.6 Å². The fraction of sp³-hybridized carbons (Fsp3) is 0.100. The van der Waals surface area contributed by atoms with Gasteiger partial charge in [-0.2, -0.15) is 4.98 Å². The van der Waals surface area contributed by atoms with Gasteiger partial charge in [-0.1, -0.05) is 18.2 Å². The van der Waals surface area contributed by atoms with E-state index < -0.39 is 5.97 Å². The van der Waals surface area contributed by atoms with Gasteiger partial charge in [0.15, 0.2) is 0 Å². The van der Waals surface area contributed by atoms with Gasteiger partial charge < -0.3 is 9.84 Å². The molecule has 0 spiro atoms. The van der Waals surface area contributed by atoms with E-state index in [1.807, 2.05) is 18.2 Å². The maximum absolute atomic E-state index is 10.6. The van der Waals surface area contributed by atoms with E-state index in [4.69, 9.17) is 9.84 Å². The van der Waals surface area contributed by atoms with Gasteiger partial charge >= 0.3 is 12.0 Å². The average molecular weight is 298 g/mol. The van der Waals surface area contributed by atoms with Crippen molar-refractivity contribution in [3.05, 3.63) is 35.1 Å². The van der Waals surface area contributed by atoms with E-state index in [1.54, 1.807) is 12.1 Å². The smallest absolute Gasteiger partial charge is 0.325 e. The Labute approximate surface area is 105 Å². The highest BCUT2D eigenvalue weighted by atomic mass is 79.9. The molecule has 7 heteroatoms. The topological polar surface area (TPSA) is 77.2 Å². The molecule has 2 aromatic rings. The van der Waals surface area contributed by atoms with Crippen LogP contribution < -0.4 is 4.74 Å². The lowest BCUT2D eigenvalue weighted by Crippen LogP contribution is -2.11. The van der Waals surface area contributed by atoms with Crippen molar-refractivity contribution in [2.24, 2.45) is 0 Å². The van der Waals surface area contributed by atoms with Crippen LogP contribution in [0.3, 0.4) is 0 Å². The monoisotopic (exact) mass is 297 g/mol. The number of carboxylic acid groups (broad SMARTS) is 1. The second kappa shape index (κ2) is 4.96. The van der Waals surface area contributed by atoms with Crippen LogP contribution in [0, 0.1) is 0 Å². The number of hydrogen-bond acceptors (Lipinski definition) is 4. The lowest BCUT2D eigenvalue weighted by Gasteiger charge is -2.04. The van der Waals surface area contributed by atoms with Gasteiger partial charge in [-0.15, -0.1) is 5.10 Å². The molecule has 0 aliphatic carbocycles. The van der Waals surface area contributed by atoms with Crippen LogP contribution in [0.25, 0.3) is 0 Å². The number of carbonyl (C=O) groups is 1. The summed E-state index contributed by atoms with van der Waals surface area (Å²) >= 11 is 3.07. The summed E-state index contributed by atoms with van der Waals surface area (Å²) in [6.45, 7) is -0.305. The fourth-order valence-corrected chi connectivity index (χ4v) is 1.55. The molecule has 2 rings (SSSR count). The fourth-order valence-electron chi connectivity index (χ4n) is 1.20.